The minimum atomic E-state index is -0.510. The third-order valence-corrected chi connectivity index (χ3v) is 14.6. The van der Waals surface area contributed by atoms with Crippen LogP contribution in [0, 0.1) is 0 Å². The summed E-state index contributed by atoms with van der Waals surface area (Å²) in [5.74, 6) is 0. The molecular formula is C65H45NS. The van der Waals surface area contributed by atoms with Crippen LogP contribution in [-0.2, 0) is 5.41 Å². The Morgan fingerprint density at radius 3 is 1.31 bits per heavy atom. The Hall–Kier alpha value is -8.30. The molecule has 316 valence electrons. The Morgan fingerprint density at radius 1 is 0.269 bits per heavy atom. The fourth-order valence-electron chi connectivity index (χ4n) is 10.4. The first kappa shape index (κ1) is 40.2. The maximum Gasteiger partial charge on any atom is 0.0701 e. The summed E-state index contributed by atoms with van der Waals surface area (Å²) in [6, 6.07) is 99.9. The monoisotopic (exact) mass is 871 g/mol. The zero-order valence-electron chi connectivity index (χ0n) is 36.8. The van der Waals surface area contributed by atoms with Crippen LogP contribution in [0.5, 0.6) is 0 Å². The molecule has 0 aliphatic rings. The van der Waals surface area contributed by atoms with Gasteiger partial charge in [0.1, 0.15) is 0 Å². The predicted molar refractivity (Wildman–Crippen MR) is 286 cm³/mol. The van der Waals surface area contributed by atoms with Gasteiger partial charge in [0.05, 0.1) is 11.1 Å². The number of nitrogens with zero attached hydrogens (tertiary/aromatic N) is 1. The van der Waals surface area contributed by atoms with Crippen LogP contribution in [0.2, 0.25) is 0 Å². The number of hydrogen-bond donors (Lipinski definition) is 0. The summed E-state index contributed by atoms with van der Waals surface area (Å²) in [5, 5.41) is 4.98. The molecule has 0 spiro atoms. The van der Waals surface area contributed by atoms with Gasteiger partial charge in [0, 0.05) is 36.9 Å². The fourth-order valence-corrected chi connectivity index (χ4v) is 11.5. The van der Waals surface area contributed by atoms with Crippen molar-refractivity contribution in [2.45, 2.75) is 5.41 Å². The molecule has 0 fully saturated rings. The molecule has 0 saturated carbocycles. The van der Waals surface area contributed by atoms with Crippen LogP contribution in [0.25, 0.3) is 64.3 Å². The van der Waals surface area contributed by atoms with E-state index in [1.807, 2.05) is 11.3 Å². The van der Waals surface area contributed by atoms with Crippen LogP contribution < -0.4 is 4.90 Å². The highest BCUT2D eigenvalue weighted by molar-refractivity contribution is 7.25. The van der Waals surface area contributed by atoms with E-state index < -0.39 is 5.41 Å². The SMILES string of the molecule is c1ccc(-c2ccccc2-c2ccc(N(c3ccc4c(c3)sc3ccccc34)c3ccc(-c4ccc(C(c5ccccc5)(c5ccccc5)c5ccccc5)cc4)c4ccccc34)cc2)cc1. The first-order valence-electron chi connectivity index (χ1n) is 23.0. The second-order valence-electron chi connectivity index (χ2n) is 17.2. The number of rotatable bonds is 10. The zero-order chi connectivity index (χ0) is 44.6. The second kappa shape index (κ2) is 17.2. The van der Waals surface area contributed by atoms with Crippen LogP contribution in [0.4, 0.5) is 17.1 Å². The lowest BCUT2D eigenvalue weighted by molar-refractivity contribution is 0.745. The van der Waals surface area contributed by atoms with Gasteiger partial charge in [-0.15, -0.1) is 11.3 Å². The molecule has 0 saturated heterocycles. The highest BCUT2D eigenvalue weighted by Gasteiger charge is 2.38. The molecule has 0 aliphatic heterocycles. The van der Waals surface area contributed by atoms with Crippen LogP contribution in [0.15, 0.2) is 273 Å². The lowest BCUT2D eigenvalue weighted by Crippen LogP contribution is -2.30. The van der Waals surface area contributed by atoms with E-state index in [0.29, 0.717) is 0 Å². The van der Waals surface area contributed by atoms with Crippen molar-refractivity contribution in [3.05, 3.63) is 295 Å². The Labute approximate surface area is 396 Å². The molecule has 12 aromatic rings. The molecule has 0 bridgehead atoms. The van der Waals surface area contributed by atoms with Crippen molar-refractivity contribution in [2.75, 3.05) is 4.90 Å². The average Bonchev–Trinajstić information content (AvgIpc) is 3.79. The molecule has 0 N–H and O–H groups in total. The highest BCUT2D eigenvalue weighted by Crippen LogP contribution is 2.48. The summed E-state index contributed by atoms with van der Waals surface area (Å²) in [6.45, 7) is 0. The predicted octanol–water partition coefficient (Wildman–Crippen LogP) is 18.1. The molecule has 0 radical (unpaired) electrons. The number of fused-ring (bicyclic) bond motifs is 4. The highest BCUT2D eigenvalue weighted by atomic mass is 32.1. The summed E-state index contributed by atoms with van der Waals surface area (Å²) in [5.41, 5.74) is 15.0. The van der Waals surface area contributed by atoms with Crippen molar-refractivity contribution in [3.8, 4) is 33.4 Å². The largest absolute Gasteiger partial charge is 0.310 e. The lowest BCUT2D eigenvalue weighted by atomic mass is 9.65. The third-order valence-electron chi connectivity index (χ3n) is 13.5. The van der Waals surface area contributed by atoms with Gasteiger partial charge in [0.15, 0.2) is 0 Å². The molecule has 67 heavy (non-hydrogen) atoms. The molecule has 1 aromatic heterocycles. The first-order valence-corrected chi connectivity index (χ1v) is 23.8. The molecule has 12 rings (SSSR count). The van der Waals surface area contributed by atoms with Gasteiger partial charge < -0.3 is 4.90 Å². The number of hydrogen-bond acceptors (Lipinski definition) is 2. The van der Waals surface area contributed by atoms with Crippen molar-refractivity contribution in [3.63, 3.8) is 0 Å². The van der Waals surface area contributed by atoms with Gasteiger partial charge in [-0.25, -0.2) is 0 Å². The molecule has 1 nitrogen and oxygen atoms in total. The number of benzene rings is 11. The zero-order valence-corrected chi connectivity index (χ0v) is 37.7. The Morgan fingerprint density at radius 2 is 0.701 bits per heavy atom. The second-order valence-corrected chi connectivity index (χ2v) is 18.3. The summed E-state index contributed by atoms with van der Waals surface area (Å²) in [7, 11) is 0. The van der Waals surface area contributed by atoms with Gasteiger partial charge in [-0.05, 0) is 97.4 Å². The summed E-state index contributed by atoms with van der Waals surface area (Å²) < 4.78 is 2.58. The molecule has 0 atom stereocenters. The normalized spacial score (nSPS) is 11.6. The van der Waals surface area contributed by atoms with Gasteiger partial charge in [-0.1, -0.05) is 237 Å². The van der Waals surface area contributed by atoms with Gasteiger partial charge >= 0.3 is 0 Å². The van der Waals surface area contributed by atoms with Gasteiger partial charge in [0.25, 0.3) is 0 Å². The minimum absolute atomic E-state index is 0.510. The van der Waals surface area contributed by atoms with Crippen molar-refractivity contribution < 1.29 is 0 Å². The van der Waals surface area contributed by atoms with Crippen LogP contribution in [-0.4, -0.2) is 0 Å². The molecule has 11 aromatic carbocycles. The van der Waals surface area contributed by atoms with Crippen molar-refractivity contribution in [2.24, 2.45) is 0 Å². The van der Waals surface area contributed by atoms with E-state index in [9.17, 15) is 0 Å². The van der Waals surface area contributed by atoms with Crippen LogP contribution in [0.3, 0.4) is 0 Å². The molecule has 1 heterocycles. The fraction of sp³-hybridized carbons (Fsp3) is 0.0154. The first-order chi connectivity index (χ1) is 33.2. The van der Waals surface area contributed by atoms with Crippen molar-refractivity contribution in [1.29, 1.82) is 0 Å². The topological polar surface area (TPSA) is 3.24 Å². The average molecular weight is 872 g/mol. The van der Waals surface area contributed by atoms with Gasteiger partial charge in [-0.3, -0.25) is 0 Å². The van der Waals surface area contributed by atoms with Gasteiger partial charge in [0.2, 0.25) is 0 Å². The lowest BCUT2D eigenvalue weighted by Gasteiger charge is -2.37. The molecule has 0 amide bonds. The van der Waals surface area contributed by atoms with Crippen molar-refractivity contribution in [1.82, 2.24) is 0 Å². The smallest absolute Gasteiger partial charge is 0.0701 e. The standard InChI is InChI=1S/C65H45NS/c1-5-19-46(20-6-1)55-27-13-14-28-56(55)48-35-39-53(40-36-48)66(54-41-42-61-60-31-17-18-32-63(60)67-64(61)45-54)62-44-43-57(58-29-15-16-30-59(58)62)47-33-37-52(38-34-47)65(49-21-7-2-8-22-49,50-23-9-3-10-24-50)51-25-11-4-12-26-51/h1-45H. The van der Waals surface area contributed by atoms with E-state index in [0.717, 1.165) is 17.1 Å². The summed E-state index contributed by atoms with van der Waals surface area (Å²) in [6.07, 6.45) is 0. The molecule has 2 heteroatoms. The van der Waals surface area contributed by atoms with E-state index in [2.05, 4.69) is 278 Å². The van der Waals surface area contributed by atoms with Gasteiger partial charge in [-0.2, -0.15) is 0 Å². The van der Waals surface area contributed by atoms with E-state index >= 15 is 0 Å². The Kier molecular flexibility index (Phi) is 10.4. The van der Waals surface area contributed by atoms with E-state index in [4.69, 9.17) is 0 Å². The van der Waals surface area contributed by atoms with Crippen molar-refractivity contribution >= 4 is 59.3 Å². The van der Waals surface area contributed by atoms with E-state index in [1.165, 1.54) is 86.6 Å². The Balaban J connectivity index is 0.997. The van der Waals surface area contributed by atoms with Crippen LogP contribution >= 0.6 is 11.3 Å². The number of anilines is 3. The minimum Gasteiger partial charge on any atom is -0.310 e. The quantitative estimate of drug-likeness (QED) is 0.124. The maximum absolute atomic E-state index is 2.44. The summed E-state index contributed by atoms with van der Waals surface area (Å²) >= 11 is 1.86. The molecule has 0 unspecified atom stereocenters. The van der Waals surface area contributed by atoms with E-state index in [1.54, 1.807) is 0 Å². The number of thiophene rings is 1. The Bertz CT molecular complexity index is 3560. The molecular weight excluding hydrogens is 827 g/mol. The van der Waals surface area contributed by atoms with Crippen LogP contribution in [0.1, 0.15) is 22.3 Å². The van der Waals surface area contributed by atoms with E-state index in [-0.39, 0.29) is 0 Å². The third kappa shape index (κ3) is 7.11. The summed E-state index contributed by atoms with van der Waals surface area (Å²) in [4.78, 5) is 2.44. The maximum atomic E-state index is 2.44. The molecule has 0 aliphatic carbocycles.